The zero-order chi connectivity index (χ0) is 21.6. The number of hydrogen-bond acceptors (Lipinski definition) is 4. The van der Waals surface area contributed by atoms with Crippen molar-refractivity contribution >= 4 is 21.1 Å². The molecule has 0 spiro atoms. The highest BCUT2D eigenvalue weighted by molar-refractivity contribution is 7.89. The van der Waals surface area contributed by atoms with Gasteiger partial charge >= 0.3 is 0 Å². The van der Waals surface area contributed by atoms with E-state index in [-0.39, 0.29) is 12.1 Å². The minimum absolute atomic E-state index is 0.172. The lowest BCUT2D eigenvalue weighted by atomic mass is 10.0. The fraction of sp³-hybridized carbons (Fsp3) is 0.143. The molecule has 4 rings (SSSR count). The maximum absolute atomic E-state index is 14.7. The van der Waals surface area contributed by atoms with Crippen molar-refractivity contribution in [2.75, 3.05) is 0 Å². The molecule has 2 aromatic carbocycles. The molecule has 0 atom stereocenters. The third-order valence-electron chi connectivity index (χ3n) is 4.99. The summed E-state index contributed by atoms with van der Waals surface area (Å²) in [6.45, 7) is 3.42. The van der Waals surface area contributed by atoms with E-state index in [1.807, 2.05) is 37.3 Å². The number of nitrogens with two attached hydrogens (primary N) is 1. The maximum atomic E-state index is 14.7. The molecular weight excluding hydrogens is 410 g/mol. The van der Waals surface area contributed by atoms with Gasteiger partial charge in [0.1, 0.15) is 23.0 Å². The first kappa shape index (κ1) is 20.1. The average Bonchev–Trinajstić information content (AvgIpc) is 2.99. The van der Waals surface area contributed by atoms with Crippen LogP contribution in [0, 0.1) is 25.5 Å². The van der Waals surface area contributed by atoms with Crippen LogP contribution in [0.3, 0.4) is 0 Å². The summed E-state index contributed by atoms with van der Waals surface area (Å²) in [6, 6.07) is 11.0. The Bertz CT molecular complexity index is 1360. The Kier molecular flexibility index (Phi) is 4.87. The van der Waals surface area contributed by atoms with Crippen LogP contribution >= 0.6 is 0 Å². The predicted octanol–water partition coefficient (Wildman–Crippen LogP) is 3.69. The third-order valence-corrected chi connectivity index (χ3v) is 5.88. The molecule has 2 heterocycles. The smallest absolute Gasteiger partial charge is 0.238 e. The number of aryl methyl sites for hydroxylation is 2. The summed E-state index contributed by atoms with van der Waals surface area (Å²) in [5.74, 6) is -1.44. The Morgan fingerprint density at radius 2 is 1.70 bits per heavy atom. The number of hydrogen-bond donors (Lipinski definition) is 1. The summed E-state index contributed by atoms with van der Waals surface area (Å²) in [5, 5.41) is 5.00. The summed E-state index contributed by atoms with van der Waals surface area (Å²) in [5.41, 5.74) is 3.48. The van der Waals surface area contributed by atoms with Gasteiger partial charge in [0.2, 0.25) is 10.0 Å². The van der Waals surface area contributed by atoms with E-state index in [9.17, 15) is 17.2 Å². The third kappa shape index (κ3) is 3.46. The van der Waals surface area contributed by atoms with Crippen LogP contribution in [0.2, 0.25) is 0 Å². The SMILES string of the molecule is Cc1ncc2nc(C)n(Cc3c(F)cc(S(N)(=O)=O)cc3F)c2c1-c1ccccc1. The van der Waals surface area contributed by atoms with Gasteiger partial charge in [0.25, 0.3) is 0 Å². The molecule has 2 aromatic heterocycles. The second-order valence-electron chi connectivity index (χ2n) is 6.97. The van der Waals surface area contributed by atoms with Crippen LogP contribution in [0.25, 0.3) is 22.2 Å². The van der Waals surface area contributed by atoms with E-state index in [1.54, 1.807) is 17.7 Å². The van der Waals surface area contributed by atoms with Gasteiger partial charge in [0.15, 0.2) is 0 Å². The standard InChI is InChI=1S/C21H18F2N4O2S/c1-12-20(14-6-4-3-5-7-14)21-19(10-25-12)26-13(2)27(21)11-16-17(22)8-15(9-18(16)23)30(24,28)29/h3-10H,11H2,1-2H3,(H2,24,28,29). The van der Waals surface area contributed by atoms with E-state index in [2.05, 4.69) is 9.97 Å². The first-order valence-electron chi connectivity index (χ1n) is 9.05. The van der Waals surface area contributed by atoms with Gasteiger partial charge in [-0.1, -0.05) is 30.3 Å². The lowest BCUT2D eigenvalue weighted by Gasteiger charge is -2.14. The molecule has 0 fully saturated rings. The molecule has 0 radical (unpaired) electrons. The number of imidazole rings is 1. The van der Waals surface area contributed by atoms with E-state index in [0.717, 1.165) is 29.0 Å². The number of sulfonamides is 1. The molecule has 0 amide bonds. The van der Waals surface area contributed by atoms with Crippen LogP contribution in [0.4, 0.5) is 8.78 Å². The molecule has 0 saturated heterocycles. The Hall–Kier alpha value is -3.17. The zero-order valence-corrected chi connectivity index (χ0v) is 17.0. The lowest BCUT2D eigenvalue weighted by Crippen LogP contribution is -2.14. The van der Waals surface area contributed by atoms with Crippen LogP contribution in [0.15, 0.2) is 53.6 Å². The molecule has 6 nitrogen and oxygen atoms in total. The number of aromatic nitrogens is 3. The van der Waals surface area contributed by atoms with Crippen LogP contribution in [-0.4, -0.2) is 23.0 Å². The number of primary sulfonamides is 1. The van der Waals surface area contributed by atoms with Crippen LogP contribution in [-0.2, 0) is 16.6 Å². The molecule has 0 aliphatic heterocycles. The van der Waals surface area contributed by atoms with Crippen molar-refractivity contribution in [1.82, 2.24) is 14.5 Å². The monoisotopic (exact) mass is 428 g/mol. The molecule has 0 saturated carbocycles. The first-order valence-corrected chi connectivity index (χ1v) is 10.6. The van der Waals surface area contributed by atoms with Crippen molar-refractivity contribution in [3.05, 3.63) is 77.4 Å². The minimum atomic E-state index is -4.23. The zero-order valence-electron chi connectivity index (χ0n) is 16.2. The minimum Gasteiger partial charge on any atom is -0.323 e. The molecule has 0 aliphatic rings. The molecule has 30 heavy (non-hydrogen) atoms. The predicted molar refractivity (Wildman–Crippen MR) is 109 cm³/mol. The Labute approximate surface area is 172 Å². The van der Waals surface area contributed by atoms with E-state index < -0.39 is 26.6 Å². The molecule has 154 valence electrons. The fourth-order valence-electron chi connectivity index (χ4n) is 3.53. The summed E-state index contributed by atoms with van der Waals surface area (Å²) in [6.07, 6.45) is 1.62. The number of pyridine rings is 1. The quantitative estimate of drug-likeness (QED) is 0.537. The number of fused-ring (bicyclic) bond motifs is 1. The van der Waals surface area contributed by atoms with E-state index >= 15 is 0 Å². The summed E-state index contributed by atoms with van der Waals surface area (Å²) < 4.78 is 53.9. The Balaban J connectivity index is 1.93. The summed E-state index contributed by atoms with van der Waals surface area (Å²) in [4.78, 5) is 8.29. The molecule has 4 aromatic rings. The van der Waals surface area contributed by atoms with E-state index in [0.29, 0.717) is 16.9 Å². The number of halogens is 2. The van der Waals surface area contributed by atoms with Crippen molar-refractivity contribution in [2.45, 2.75) is 25.3 Å². The molecular formula is C21H18F2N4O2S. The van der Waals surface area contributed by atoms with Gasteiger partial charge < -0.3 is 4.57 Å². The van der Waals surface area contributed by atoms with Crippen molar-refractivity contribution in [2.24, 2.45) is 5.14 Å². The second-order valence-corrected chi connectivity index (χ2v) is 8.54. The first-order chi connectivity index (χ1) is 14.2. The number of rotatable bonds is 4. The molecule has 2 N–H and O–H groups in total. The lowest BCUT2D eigenvalue weighted by molar-refractivity contribution is 0.535. The Morgan fingerprint density at radius 3 is 2.30 bits per heavy atom. The van der Waals surface area contributed by atoms with Crippen molar-refractivity contribution in [3.63, 3.8) is 0 Å². The highest BCUT2D eigenvalue weighted by Gasteiger charge is 2.21. The number of nitrogens with zero attached hydrogens (tertiary/aromatic N) is 3. The van der Waals surface area contributed by atoms with Gasteiger partial charge in [-0.15, -0.1) is 0 Å². The van der Waals surface area contributed by atoms with E-state index in [4.69, 9.17) is 5.14 Å². The van der Waals surface area contributed by atoms with Gasteiger partial charge in [-0.2, -0.15) is 0 Å². The van der Waals surface area contributed by atoms with E-state index in [1.165, 1.54) is 0 Å². The largest absolute Gasteiger partial charge is 0.323 e. The topological polar surface area (TPSA) is 90.9 Å². The second kappa shape index (κ2) is 7.26. The van der Waals surface area contributed by atoms with Gasteiger partial charge in [-0.3, -0.25) is 4.98 Å². The van der Waals surface area contributed by atoms with Gasteiger partial charge in [-0.25, -0.2) is 27.3 Å². The van der Waals surface area contributed by atoms with Crippen LogP contribution in [0.1, 0.15) is 17.1 Å². The van der Waals surface area contributed by atoms with Crippen molar-refractivity contribution in [1.29, 1.82) is 0 Å². The fourth-order valence-corrected chi connectivity index (χ4v) is 4.07. The van der Waals surface area contributed by atoms with Crippen LogP contribution < -0.4 is 5.14 Å². The molecule has 0 bridgehead atoms. The molecule has 9 heteroatoms. The normalized spacial score (nSPS) is 11.9. The van der Waals surface area contributed by atoms with Crippen molar-refractivity contribution in [3.8, 4) is 11.1 Å². The summed E-state index contributed by atoms with van der Waals surface area (Å²) in [7, 11) is -4.23. The molecule has 0 unspecified atom stereocenters. The highest BCUT2D eigenvalue weighted by Crippen LogP contribution is 2.32. The Morgan fingerprint density at radius 1 is 1.07 bits per heavy atom. The van der Waals surface area contributed by atoms with Gasteiger partial charge in [0.05, 0.1) is 23.2 Å². The highest BCUT2D eigenvalue weighted by atomic mass is 32.2. The molecule has 0 aliphatic carbocycles. The van der Waals surface area contributed by atoms with Crippen molar-refractivity contribution < 1.29 is 17.2 Å². The number of benzene rings is 2. The van der Waals surface area contributed by atoms with Crippen LogP contribution in [0.5, 0.6) is 0 Å². The average molecular weight is 428 g/mol. The van der Waals surface area contributed by atoms with Gasteiger partial charge in [0, 0.05) is 16.8 Å². The van der Waals surface area contributed by atoms with Gasteiger partial charge in [-0.05, 0) is 31.5 Å². The summed E-state index contributed by atoms with van der Waals surface area (Å²) >= 11 is 0. The maximum Gasteiger partial charge on any atom is 0.238 e.